The molecule has 0 radical (unpaired) electrons. The summed E-state index contributed by atoms with van der Waals surface area (Å²) in [6.07, 6.45) is -4.44. The normalized spacial score (nSPS) is 16.5. The third kappa shape index (κ3) is 5.74. The fourth-order valence-corrected chi connectivity index (χ4v) is 5.84. The molecule has 14 heteroatoms. The molecule has 0 spiro atoms. The number of para-hydroxylation sites is 1. The lowest BCUT2D eigenvalue weighted by Gasteiger charge is -2.24. The van der Waals surface area contributed by atoms with Crippen molar-refractivity contribution in [3.8, 4) is 17.2 Å². The van der Waals surface area contributed by atoms with E-state index in [4.69, 9.17) is 30.5 Å². The Labute approximate surface area is 241 Å². The van der Waals surface area contributed by atoms with Crippen LogP contribution in [0.5, 0.6) is 11.5 Å². The van der Waals surface area contributed by atoms with E-state index < -0.39 is 24.2 Å². The van der Waals surface area contributed by atoms with Gasteiger partial charge in [-0.1, -0.05) is 23.7 Å². The Morgan fingerprint density at radius 3 is 2.63 bits per heavy atom. The molecule has 0 bridgehead atoms. The number of fused-ring (bicyclic) bond motifs is 3. The molecule has 0 saturated carbocycles. The van der Waals surface area contributed by atoms with Crippen LogP contribution in [-0.2, 0) is 33.3 Å². The van der Waals surface area contributed by atoms with Crippen molar-refractivity contribution in [3.63, 3.8) is 0 Å². The Morgan fingerprint density at radius 2 is 1.93 bits per heavy atom. The van der Waals surface area contributed by atoms with Crippen LogP contribution in [0.1, 0.15) is 51.3 Å². The van der Waals surface area contributed by atoms with Gasteiger partial charge >= 0.3 is 12.1 Å². The predicted octanol–water partition coefficient (Wildman–Crippen LogP) is 5.92. The van der Waals surface area contributed by atoms with E-state index in [-0.39, 0.29) is 30.3 Å². The maximum atomic E-state index is 14.2. The summed E-state index contributed by atoms with van der Waals surface area (Å²) in [5, 5.41) is 8.35. The summed E-state index contributed by atoms with van der Waals surface area (Å²) >= 11 is 7.69. The van der Waals surface area contributed by atoms with Crippen LogP contribution in [0.15, 0.2) is 42.6 Å². The van der Waals surface area contributed by atoms with Gasteiger partial charge in [0.25, 0.3) is 0 Å². The van der Waals surface area contributed by atoms with Crippen LogP contribution in [0.25, 0.3) is 5.69 Å². The highest BCUT2D eigenvalue weighted by molar-refractivity contribution is 7.11. The van der Waals surface area contributed by atoms with Crippen molar-refractivity contribution in [2.24, 2.45) is 0 Å². The average Bonchev–Trinajstić information content (AvgIpc) is 3.58. The maximum absolute atomic E-state index is 14.2. The summed E-state index contributed by atoms with van der Waals surface area (Å²) in [6, 6.07) is 9.73. The van der Waals surface area contributed by atoms with Crippen LogP contribution in [-0.4, -0.2) is 47.0 Å². The molecule has 0 amide bonds. The molecule has 2 aromatic carbocycles. The van der Waals surface area contributed by atoms with Gasteiger partial charge in [-0.25, -0.2) is 4.98 Å². The molecule has 0 unspecified atom stereocenters. The van der Waals surface area contributed by atoms with E-state index in [0.29, 0.717) is 39.1 Å². The zero-order valence-electron chi connectivity index (χ0n) is 22.1. The van der Waals surface area contributed by atoms with Gasteiger partial charge in [0.1, 0.15) is 12.2 Å². The lowest BCUT2D eigenvalue weighted by molar-refractivity contribution is -0.146. The van der Waals surface area contributed by atoms with Crippen molar-refractivity contribution in [1.82, 2.24) is 19.7 Å². The first-order chi connectivity index (χ1) is 19.6. The van der Waals surface area contributed by atoms with E-state index in [9.17, 15) is 18.0 Å². The largest absolute Gasteiger partial charge is 0.493 e. The molecule has 41 heavy (non-hydrogen) atoms. The number of aryl methyl sites for hydroxylation is 1. The van der Waals surface area contributed by atoms with Gasteiger partial charge in [-0.15, -0.1) is 21.5 Å². The highest BCUT2D eigenvalue weighted by atomic mass is 35.5. The zero-order chi connectivity index (χ0) is 29.3. The van der Waals surface area contributed by atoms with Crippen molar-refractivity contribution in [1.29, 1.82) is 0 Å². The van der Waals surface area contributed by atoms with E-state index >= 15 is 0 Å². The van der Waals surface area contributed by atoms with Crippen molar-refractivity contribution in [2.45, 2.75) is 37.6 Å². The Hall–Kier alpha value is -3.68. The molecule has 0 fully saturated rings. The van der Waals surface area contributed by atoms with E-state index in [1.807, 2.05) is 0 Å². The average molecular weight is 609 g/mol. The standard InChI is InChI=1S/C27H24ClF3N4O5S/c1-37-19-6-4-5-16(24(19)39-3)23-17-11-14(28)7-9-18(17)35-25(33-34-26(35)27(29,30)31)20(40-23)12-21-32-13-15(41-21)8-10-22(36)38-2/h4-7,9,11,13,20,23H,8,10,12H2,1-3H3/t20-,23-/m0/s1. The molecule has 2 aromatic heterocycles. The van der Waals surface area contributed by atoms with Crippen LogP contribution >= 0.6 is 22.9 Å². The van der Waals surface area contributed by atoms with Crippen LogP contribution in [0.2, 0.25) is 5.02 Å². The monoisotopic (exact) mass is 608 g/mol. The van der Waals surface area contributed by atoms with Gasteiger partial charge < -0.3 is 18.9 Å². The number of alkyl halides is 3. The van der Waals surface area contributed by atoms with E-state index in [1.54, 1.807) is 30.5 Å². The van der Waals surface area contributed by atoms with Crippen molar-refractivity contribution in [3.05, 3.63) is 80.3 Å². The van der Waals surface area contributed by atoms with Gasteiger partial charge in [0.2, 0.25) is 5.82 Å². The molecular weight excluding hydrogens is 585 g/mol. The summed E-state index contributed by atoms with van der Waals surface area (Å²) < 4.78 is 66.0. The number of ether oxygens (including phenoxy) is 4. The number of halogens is 4. The third-order valence-corrected chi connectivity index (χ3v) is 7.84. The number of methoxy groups -OCH3 is 3. The van der Waals surface area contributed by atoms with Crippen molar-refractivity contribution < 1.29 is 36.9 Å². The molecule has 0 saturated heterocycles. The highest BCUT2D eigenvalue weighted by Crippen LogP contribution is 2.47. The van der Waals surface area contributed by atoms with Gasteiger partial charge in [0.05, 0.1) is 38.4 Å². The summed E-state index contributed by atoms with van der Waals surface area (Å²) in [4.78, 5) is 16.8. The summed E-state index contributed by atoms with van der Waals surface area (Å²) in [7, 11) is 4.27. The smallest absolute Gasteiger partial charge is 0.452 e. The number of nitrogens with zero attached hydrogens (tertiary/aromatic N) is 4. The number of hydrogen-bond acceptors (Lipinski definition) is 9. The van der Waals surface area contributed by atoms with Crippen LogP contribution in [0.3, 0.4) is 0 Å². The van der Waals surface area contributed by atoms with Gasteiger partial charge in [0.15, 0.2) is 17.3 Å². The Bertz CT molecular complexity index is 1570. The second-order valence-electron chi connectivity index (χ2n) is 9.01. The van der Waals surface area contributed by atoms with Crippen LogP contribution in [0, 0.1) is 0 Å². The molecule has 216 valence electrons. The van der Waals surface area contributed by atoms with Gasteiger partial charge in [-0.2, -0.15) is 13.2 Å². The second-order valence-corrected chi connectivity index (χ2v) is 10.6. The zero-order valence-corrected chi connectivity index (χ0v) is 23.6. The third-order valence-electron chi connectivity index (χ3n) is 6.52. The van der Waals surface area contributed by atoms with Crippen molar-refractivity contribution in [2.75, 3.05) is 21.3 Å². The Balaban J connectivity index is 1.65. The minimum Gasteiger partial charge on any atom is -0.493 e. The van der Waals surface area contributed by atoms with E-state index in [0.717, 1.165) is 9.44 Å². The number of carbonyl (C=O) groups excluding carboxylic acids is 1. The molecule has 9 nitrogen and oxygen atoms in total. The number of benzene rings is 2. The number of thiazole rings is 1. The number of hydrogen-bond donors (Lipinski definition) is 0. The Morgan fingerprint density at radius 1 is 1.12 bits per heavy atom. The van der Waals surface area contributed by atoms with Gasteiger partial charge in [0, 0.05) is 33.6 Å². The van der Waals surface area contributed by atoms with E-state index in [2.05, 4.69) is 15.2 Å². The van der Waals surface area contributed by atoms with Crippen LogP contribution in [0.4, 0.5) is 13.2 Å². The van der Waals surface area contributed by atoms with Crippen molar-refractivity contribution >= 4 is 28.9 Å². The fraction of sp³-hybridized carbons (Fsp3) is 0.333. The Kier molecular flexibility index (Phi) is 8.20. The number of aromatic nitrogens is 4. The minimum absolute atomic E-state index is 0.0448. The first kappa shape index (κ1) is 28.8. The first-order valence-electron chi connectivity index (χ1n) is 12.3. The molecule has 2 atom stereocenters. The number of rotatable bonds is 8. The first-order valence-corrected chi connectivity index (χ1v) is 13.5. The molecule has 4 aromatic rings. The number of esters is 1. The molecular formula is C27H24ClF3N4O5S. The molecule has 5 rings (SSSR count). The molecule has 3 heterocycles. The maximum Gasteiger partial charge on any atom is 0.452 e. The van der Waals surface area contributed by atoms with E-state index in [1.165, 1.54) is 44.8 Å². The molecule has 1 aliphatic heterocycles. The fourth-order valence-electron chi connectivity index (χ4n) is 4.71. The number of carbonyl (C=O) groups is 1. The van der Waals surface area contributed by atoms with Gasteiger partial charge in [-0.3, -0.25) is 9.36 Å². The van der Waals surface area contributed by atoms with Crippen LogP contribution < -0.4 is 9.47 Å². The summed E-state index contributed by atoms with van der Waals surface area (Å²) in [5.74, 6) is -0.815. The topological polar surface area (TPSA) is 97.6 Å². The highest BCUT2D eigenvalue weighted by Gasteiger charge is 2.43. The quantitative estimate of drug-likeness (QED) is 0.227. The lowest BCUT2D eigenvalue weighted by Crippen LogP contribution is -2.17. The molecule has 1 aliphatic rings. The molecule has 0 N–H and O–H groups in total. The molecule has 0 aliphatic carbocycles. The predicted molar refractivity (Wildman–Crippen MR) is 143 cm³/mol. The summed E-state index contributed by atoms with van der Waals surface area (Å²) in [6.45, 7) is 0. The second kappa shape index (κ2) is 11.7. The minimum atomic E-state index is -4.80. The summed E-state index contributed by atoms with van der Waals surface area (Å²) in [5.41, 5.74) is 1.04. The lowest BCUT2D eigenvalue weighted by atomic mass is 9.98. The van der Waals surface area contributed by atoms with Gasteiger partial charge in [-0.05, 0) is 30.7 Å². The SMILES string of the molecule is COC(=O)CCc1cnc(C[C@@H]2O[C@@H](c3cccc(OC)c3OC)c3cc(Cl)ccc3-n3c2nnc3C(F)(F)F)s1.